The van der Waals surface area contributed by atoms with Gasteiger partial charge in [0.1, 0.15) is 0 Å². The molecule has 0 fully saturated rings. The number of hydrogen-bond acceptors (Lipinski definition) is 0. The smallest absolute Gasteiger partial charge is 0.179 e. The maximum atomic E-state index is 2.53. The van der Waals surface area contributed by atoms with Gasteiger partial charge in [-0.05, 0) is 44.0 Å². The van der Waals surface area contributed by atoms with E-state index in [9.17, 15) is 0 Å². The maximum absolute atomic E-state index is 2.85. The summed E-state index contributed by atoms with van der Waals surface area (Å²) < 4.78 is 2.51. The summed E-state index contributed by atoms with van der Waals surface area (Å²) in [6, 6.07) is 78.3. The van der Waals surface area contributed by atoms with E-state index in [0.29, 0.717) is 0 Å². The van der Waals surface area contributed by atoms with Gasteiger partial charge in [0, 0.05) is 21.9 Å². The van der Waals surface area contributed by atoms with Crippen LogP contribution >= 0.6 is 0 Å². The lowest BCUT2D eigenvalue weighted by Crippen LogP contribution is -2.74. The molecule has 1 heterocycles. The van der Waals surface area contributed by atoms with E-state index in [2.05, 4.69) is 217 Å². The van der Waals surface area contributed by atoms with E-state index in [1.54, 1.807) is 0 Å². The average molecular weight is 654 g/mol. The first-order valence-electron chi connectivity index (χ1n) is 17.3. The number of aromatic nitrogens is 1. The van der Waals surface area contributed by atoms with Crippen LogP contribution in [0.15, 0.2) is 212 Å². The zero-order chi connectivity index (χ0) is 33.3. The van der Waals surface area contributed by atoms with Gasteiger partial charge >= 0.3 is 0 Å². The third-order valence-electron chi connectivity index (χ3n) is 10.1. The highest BCUT2D eigenvalue weighted by atomic mass is 28.3. The predicted molar refractivity (Wildman–Crippen MR) is 215 cm³/mol. The summed E-state index contributed by atoms with van der Waals surface area (Å²) in [4.78, 5) is 0. The van der Waals surface area contributed by atoms with Crippen molar-refractivity contribution in [2.75, 3.05) is 0 Å². The van der Waals surface area contributed by atoms with E-state index in [-0.39, 0.29) is 0 Å². The number of benzene rings is 8. The van der Waals surface area contributed by atoms with E-state index in [0.717, 1.165) is 0 Å². The summed E-state index contributed by atoms with van der Waals surface area (Å²) in [7, 11) is -2.85. The van der Waals surface area contributed by atoms with Gasteiger partial charge in [-0.25, -0.2) is 0 Å². The molecule has 0 saturated carbocycles. The third kappa shape index (κ3) is 4.84. The summed E-state index contributed by atoms with van der Waals surface area (Å²) in [5.41, 5.74) is 8.42. The SMILES string of the molecule is c1ccc(-c2cc([Si](c3ccccc3)(c3ccccc3)c3ccccc3)cc(-c3ccccc3)c2-n2c3ccccc3c3ccccc32)cc1. The molecule has 9 rings (SSSR count). The van der Waals surface area contributed by atoms with Crippen LogP contribution in [-0.4, -0.2) is 12.6 Å². The van der Waals surface area contributed by atoms with E-state index in [1.807, 2.05) is 0 Å². The van der Waals surface area contributed by atoms with Crippen molar-refractivity contribution in [3.63, 3.8) is 0 Å². The molecule has 0 saturated heterocycles. The van der Waals surface area contributed by atoms with Gasteiger partial charge in [-0.1, -0.05) is 200 Å². The van der Waals surface area contributed by atoms with Gasteiger partial charge in [0.05, 0.1) is 16.7 Å². The maximum Gasteiger partial charge on any atom is 0.179 e. The molecule has 0 unspecified atom stereocenters. The lowest BCUT2D eigenvalue weighted by atomic mass is 9.95. The summed E-state index contributed by atoms with van der Waals surface area (Å²) in [5.74, 6) is 0. The third-order valence-corrected chi connectivity index (χ3v) is 14.9. The fourth-order valence-electron chi connectivity index (χ4n) is 8.00. The largest absolute Gasteiger partial charge is 0.308 e. The molecule has 0 aliphatic heterocycles. The molecule has 0 radical (unpaired) electrons. The van der Waals surface area contributed by atoms with E-state index >= 15 is 0 Å². The molecule has 8 aromatic carbocycles. The van der Waals surface area contributed by atoms with E-state index < -0.39 is 8.07 Å². The molecular weight excluding hydrogens is 619 g/mol. The molecule has 50 heavy (non-hydrogen) atoms. The molecule has 236 valence electrons. The Kier molecular flexibility index (Phi) is 7.57. The highest BCUT2D eigenvalue weighted by molar-refractivity contribution is 7.20. The van der Waals surface area contributed by atoms with E-state index in [1.165, 1.54) is 70.5 Å². The minimum atomic E-state index is -2.85. The van der Waals surface area contributed by atoms with Crippen molar-refractivity contribution in [2.45, 2.75) is 0 Å². The zero-order valence-electron chi connectivity index (χ0n) is 27.7. The summed E-state index contributed by atoms with van der Waals surface area (Å²) in [6.45, 7) is 0. The Balaban J connectivity index is 1.51. The van der Waals surface area contributed by atoms with Crippen LogP contribution in [0.2, 0.25) is 0 Å². The van der Waals surface area contributed by atoms with Gasteiger partial charge in [-0.15, -0.1) is 0 Å². The Morgan fingerprint density at radius 3 is 1.00 bits per heavy atom. The van der Waals surface area contributed by atoms with Crippen molar-refractivity contribution >= 4 is 50.6 Å². The van der Waals surface area contributed by atoms with Gasteiger partial charge < -0.3 is 4.57 Å². The highest BCUT2D eigenvalue weighted by Gasteiger charge is 2.42. The Morgan fingerprint density at radius 2 is 0.620 bits per heavy atom. The Labute approximate surface area is 294 Å². The number of fused-ring (bicyclic) bond motifs is 3. The van der Waals surface area contributed by atoms with Gasteiger partial charge in [0.25, 0.3) is 0 Å². The van der Waals surface area contributed by atoms with Gasteiger partial charge in [0.15, 0.2) is 8.07 Å². The van der Waals surface area contributed by atoms with Crippen LogP contribution in [0.5, 0.6) is 0 Å². The molecule has 0 atom stereocenters. The van der Waals surface area contributed by atoms with Gasteiger partial charge in [0.2, 0.25) is 0 Å². The van der Waals surface area contributed by atoms with Crippen molar-refractivity contribution in [2.24, 2.45) is 0 Å². The summed E-state index contributed by atoms with van der Waals surface area (Å²) >= 11 is 0. The van der Waals surface area contributed by atoms with Crippen LogP contribution in [0.4, 0.5) is 0 Å². The standard InChI is InChI=1S/C48H35NSi/c1-6-20-36(21-7-1)44-34-41(50(38-24-10-3-11-25-38,39-26-12-4-13-27-39)40-28-14-5-15-29-40)35-45(37-22-8-2-9-23-37)48(44)49-46-32-18-16-30-42(46)43-31-17-19-33-47(43)49/h1-35H. The first-order valence-corrected chi connectivity index (χ1v) is 19.3. The van der Waals surface area contributed by atoms with Crippen LogP contribution in [0.3, 0.4) is 0 Å². The Hall–Kier alpha value is -6.22. The second-order valence-electron chi connectivity index (χ2n) is 12.9. The molecule has 0 spiro atoms. The average Bonchev–Trinajstić information content (AvgIpc) is 3.54. The molecule has 0 N–H and O–H groups in total. The number of hydrogen-bond donors (Lipinski definition) is 0. The number of nitrogens with zero attached hydrogens (tertiary/aromatic N) is 1. The predicted octanol–water partition coefficient (Wildman–Crippen LogP) is 9.50. The highest BCUT2D eigenvalue weighted by Crippen LogP contribution is 2.41. The number of para-hydroxylation sites is 2. The van der Waals surface area contributed by atoms with Crippen molar-refractivity contribution in [3.05, 3.63) is 212 Å². The van der Waals surface area contributed by atoms with Crippen LogP contribution in [0.25, 0.3) is 49.7 Å². The molecule has 1 nitrogen and oxygen atoms in total. The normalized spacial score (nSPS) is 11.6. The number of rotatable bonds is 7. The molecular formula is C48H35NSi. The summed E-state index contributed by atoms with van der Waals surface area (Å²) in [6.07, 6.45) is 0. The van der Waals surface area contributed by atoms with Crippen LogP contribution in [0, 0.1) is 0 Å². The minimum Gasteiger partial charge on any atom is -0.308 e. The fraction of sp³-hybridized carbons (Fsp3) is 0. The summed E-state index contributed by atoms with van der Waals surface area (Å²) in [5, 5.41) is 7.95. The molecule has 2 heteroatoms. The Bertz CT molecular complexity index is 2350. The molecule has 0 aliphatic carbocycles. The van der Waals surface area contributed by atoms with Crippen molar-refractivity contribution < 1.29 is 0 Å². The molecule has 1 aromatic heterocycles. The zero-order valence-corrected chi connectivity index (χ0v) is 28.7. The van der Waals surface area contributed by atoms with Crippen LogP contribution in [0.1, 0.15) is 0 Å². The fourth-order valence-corrected chi connectivity index (χ4v) is 12.8. The monoisotopic (exact) mass is 653 g/mol. The van der Waals surface area contributed by atoms with Crippen molar-refractivity contribution in [1.29, 1.82) is 0 Å². The first-order chi connectivity index (χ1) is 24.8. The van der Waals surface area contributed by atoms with Crippen LogP contribution in [-0.2, 0) is 0 Å². The minimum absolute atomic E-state index is 1.19. The topological polar surface area (TPSA) is 4.93 Å². The quantitative estimate of drug-likeness (QED) is 0.119. The second-order valence-corrected chi connectivity index (χ2v) is 16.7. The molecule has 0 amide bonds. The second kappa shape index (κ2) is 12.7. The molecule has 9 aromatic rings. The molecule has 0 aliphatic rings. The van der Waals surface area contributed by atoms with E-state index in [4.69, 9.17) is 0 Å². The molecule has 0 bridgehead atoms. The van der Waals surface area contributed by atoms with Crippen molar-refractivity contribution in [3.8, 4) is 27.9 Å². The van der Waals surface area contributed by atoms with Gasteiger partial charge in [-0.2, -0.15) is 0 Å². The van der Waals surface area contributed by atoms with Gasteiger partial charge in [-0.3, -0.25) is 0 Å². The van der Waals surface area contributed by atoms with Crippen LogP contribution < -0.4 is 20.7 Å². The first kappa shape index (κ1) is 29.9. The lowest BCUT2D eigenvalue weighted by molar-refractivity contribution is 1.18. The Morgan fingerprint density at radius 1 is 0.300 bits per heavy atom. The lowest BCUT2D eigenvalue weighted by Gasteiger charge is -2.36. The van der Waals surface area contributed by atoms with Crippen molar-refractivity contribution in [1.82, 2.24) is 4.57 Å².